The molecule has 4 heteroatoms. The Kier molecular flexibility index (Phi) is 5.40. The summed E-state index contributed by atoms with van der Waals surface area (Å²) in [7, 11) is -2.01. The summed E-state index contributed by atoms with van der Waals surface area (Å²) in [5, 5.41) is 0. The first-order valence-electron chi connectivity index (χ1n) is 10.0. The number of nitrogens with zero attached hydrogens (tertiary/aromatic N) is 1. The zero-order chi connectivity index (χ0) is 20.5. The maximum Gasteiger partial charge on any atom is 0.617 e. The molecule has 0 N–H and O–H groups in total. The molecule has 0 spiro atoms. The van der Waals surface area contributed by atoms with Crippen molar-refractivity contribution >= 4 is 8.18 Å². The van der Waals surface area contributed by atoms with E-state index in [0.29, 0.717) is 6.54 Å². The molecule has 2 atom stereocenters. The molecule has 0 bridgehead atoms. The SMILES string of the molecule is CC(C)(C)[C@H]1N(Cc2ccccc2)[P+](=O)OC1(c1ccccc1)c1ccccc1. The smallest absolute Gasteiger partial charge is 0.111 e. The highest BCUT2D eigenvalue weighted by Gasteiger charge is 2.67. The molecule has 1 fully saturated rings. The van der Waals surface area contributed by atoms with Gasteiger partial charge in [-0.05, 0) is 26.7 Å². The zero-order valence-corrected chi connectivity index (χ0v) is 18.1. The Morgan fingerprint density at radius 2 is 1.28 bits per heavy atom. The number of rotatable bonds is 4. The van der Waals surface area contributed by atoms with Gasteiger partial charge >= 0.3 is 8.18 Å². The van der Waals surface area contributed by atoms with Gasteiger partial charge in [0.25, 0.3) is 0 Å². The van der Waals surface area contributed by atoms with Crippen LogP contribution >= 0.6 is 8.18 Å². The van der Waals surface area contributed by atoms with Crippen molar-refractivity contribution in [3.8, 4) is 0 Å². The lowest BCUT2D eigenvalue weighted by molar-refractivity contribution is 0.0373. The van der Waals surface area contributed by atoms with Gasteiger partial charge in [-0.15, -0.1) is 4.52 Å². The van der Waals surface area contributed by atoms with Crippen molar-refractivity contribution in [2.75, 3.05) is 0 Å². The normalized spacial score (nSPS) is 20.7. The predicted octanol–water partition coefficient (Wildman–Crippen LogP) is 6.53. The molecule has 3 aromatic rings. The van der Waals surface area contributed by atoms with E-state index in [1.807, 2.05) is 59.3 Å². The molecule has 1 aliphatic rings. The number of hydrogen-bond donors (Lipinski definition) is 0. The molecule has 4 rings (SSSR count). The summed E-state index contributed by atoms with van der Waals surface area (Å²) in [4.78, 5) is 0. The second kappa shape index (κ2) is 7.84. The van der Waals surface area contributed by atoms with Gasteiger partial charge in [0.2, 0.25) is 0 Å². The molecule has 1 unspecified atom stereocenters. The van der Waals surface area contributed by atoms with Gasteiger partial charge in [-0.3, -0.25) is 0 Å². The highest BCUT2D eigenvalue weighted by Crippen LogP contribution is 2.60. The monoisotopic (exact) mass is 404 g/mol. The highest BCUT2D eigenvalue weighted by molar-refractivity contribution is 7.36. The van der Waals surface area contributed by atoms with Crippen LogP contribution in [0.1, 0.15) is 37.5 Å². The van der Waals surface area contributed by atoms with E-state index < -0.39 is 13.8 Å². The van der Waals surface area contributed by atoms with Crippen molar-refractivity contribution in [1.82, 2.24) is 4.67 Å². The highest BCUT2D eigenvalue weighted by atomic mass is 31.1. The molecule has 0 saturated carbocycles. The molecule has 0 radical (unpaired) electrons. The quantitative estimate of drug-likeness (QED) is 0.463. The van der Waals surface area contributed by atoms with Gasteiger partial charge in [-0.25, -0.2) is 0 Å². The Balaban J connectivity index is 1.91. The van der Waals surface area contributed by atoms with Crippen molar-refractivity contribution in [3.63, 3.8) is 0 Å². The van der Waals surface area contributed by atoms with Gasteiger partial charge in [0, 0.05) is 0 Å². The molecule has 1 heterocycles. The second-order valence-corrected chi connectivity index (χ2v) is 9.82. The average Bonchev–Trinajstić information content (AvgIpc) is 3.04. The first kappa shape index (κ1) is 20.0. The number of benzene rings is 3. The fourth-order valence-corrected chi connectivity index (χ4v) is 6.10. The lowest BCUT2D eigenvalue weighted by atomic mass is 9.69. The second-order valence-electron chi connectivity index (χ2n) is 8.65. The number of hydrogen-bond acceptors (Lipinski definition) is 2. The zero-order valence-electron chi connectivity index (χ0n) is 17.2. The molecule has 0 amide bonds. The van der Waals surface area contributed by atoms with E-state index in [9.17, 15) is 4.57 Å². The molecule has 148 valence electrons. The Morgan fingerprint density at radius 1 is 0.828 bits per heavy atom. The topological polar surface area (TPSA) is 29.5 Å². The van der Waals surface area contributed by atoms with Gasteiger partial charge in [-0.2, -0.15) is 0 Å². The van der Waals surface area contributed by atoms with E-state index >= 15 is 0 Å². The minimum atomic E-state index is -2.01. The van der Waals surface area contributed by atoms with E-state index in [2.05, 4.69) is 57.2 Å². The first-order chi connectivity index (χ1) is 13.9. The summed E-state index contributed by atoms with van der Waals surface area (Å²) in [6, 6.07) is 30.5. The standard InChI is InChI=1S/C25H27NO2P/c1-24(2,3)23-25(21-15-9-5-10-16-21,22-17-11-6-12-18-22)28-29(27)26(23)19-20-13-7-4-8-14-20/h4-18,23H,19H2,1-3H3/q+1/t23-/m1/s1. The molecule has 3 aromatic carbocycles. The molecule has 1 saturated heterocycles. The lowest BCUT2D eigenvalue weighted by Crippen LogP contribution is -2.51. The lowest BCUT2D eigenvalue weighted by Gasteiger charge is -2.39. The summed E-state index contributed by atoms with van der Waals surface area (Å²) in [5.41, 5.74) is 2.21. The summed E-state index contributed by atoms with van der Waals surface area (Å²) >= 11 is 0. The Labute approximate surface area is 174 Å². The van der Waals surface area contributed by atoms with Crippen LogP contribution in [0.4, 0.5) is 0 Å². The van der Waals surface area contributed by atoms with Gasteiger partial charge in [0.1, 0.15) is 6.04 Å². The van der Waals surface area contributed by atoms with E-state index in [1.165, 1.54) is 0 Å². The van der Waals surface area contributed by atoms with Crippen molar-refractivity contribution in [2.45, 2.75) is 39.0 Å². The molecule has 1 aliphatic heterocycles. The predicted molar refractivity (Wildman–Crippen MR) is 118 cm³/mol. The van der Waals surface area contributed by atoms with Gasteiger partial charge in [0.15, 0.2) is 5.60 Å². The third-order valence-electron chi connectivity index (χ3n) is 5.53. The van der Waals surface area contributed by atoms with E-state index in [4.69, 9.17) is 4.52 Å². The molecule has 29 heavy (non-hydrogen) atoms. The molecule has 0 aromatic heterocycles. The minimum absolute atomic E-state index is 0.108. The van der Waals surface area contributed by atoms with Crippen LogP contribution in [0, 0.1) is 5.41 Å². The molecular weight excluding hydrogens is 377 g/mol. The fourth-order valence-electron chi connectivity index (χ4n) is 4.47. The summed E-state index contributed by atoms with van der Waals surface area (Å²) < 4.78 is 22.0. The third-order valence-corrected chi connectivity index (χ3v) is 6.76. The van der Waals surface area contributed by atoms with E-state index in [1.54, 1.807) is 0 Å². The Hall–Kier alpha value is -2.32. The van der Waals surface area contributed by atoms with Crippen LogP contribution in [0.3, 0.4) is 0 Å². The molecule has 3 nitrogen and oxygen atoms in total. The molecular formula is C25H27NO2P+. The molecule has 0 aliphatic carbocycles. The van der Waals surface area contributed by atoms with Crippen LogP contribution in [-0.4, -0.2) is 10.7 Å². The van der Waals surface area contributed by atoms with Crippen molar-refractivity contribution in [3.05, 3.63) is 108 Å². The van der Waals surface area contributed by atoms with Crippen LogP contribution in [0.2, 0.25) is 0 Å². The van der Waals surface area contributed by atoms with Crippen LogP contribution in [-0.2, 0) is 21.2 Å². The minimum Gasteiger partial charge on any atom is -0.111 e. The van der Waals surface area contributed by atoms with Crippen LogP contribution < -0.4 is 0 Å². The van der Waals surface area contributed by atoms with Crippen molar-refractivity contribution in [1.29, 1.82) is 0 Å². The van der Waals surface area contributed by atoms with Crippen LogP contribution in [0.5, 0.6) is 0 Å². The summed E-state index contributed by atoms with van der Waals surface area (Å²) in [5.74, 6) is 0. The maximum atomic E-state index is 13.4. The average molecular weight is 404 g/mol. The Morgan fingerprint density at radius 3 is 1.72 bits per heavy atom. The van der Waals surface area contributed by atoms with E-state index in [0.717, 1.165) is 16.7 Å². The largest absolute Gasteiger partial charge is 0.617 e. The van der Waals surface area contributed by atoms with Crippen molar-refractivity contribution < 1.29 is 9.09 Å². The van der Waals surface area contributed by atoms with Gasteiger partial charge < -0.3 is 0 Å². The van der Waals surface area contributed by atoms with Gasteiger partial charge in [-0.1, -0.05) is 116 Å². The third kappa shape index (κ3) is 3.67. The van der Waals surface area contributed by atoms with E-state index in [-0.39, 0.29) is 11.5 Å². The van der Waals surface area contributed by atoms with Crippen LogP contribution in [0.25, 0.3) is 0 Å². The maximum absolute atomic E-state index is 13.4. The summed E-state index contributed by atoms with van der Waals surface area (Å²) in [6.45, 7) is 7.19. The Bertz CT molecular complexity index is 928. The summed E-state index contributed by atoms with van der Waals surface area (Å²) in [6.07, 6.45) is 0. The van der Waals surface area contributed by atoms with Crippen LogP contribution in [0.15, 0.2) is 91.0 Å². The fraction of sp³-hybridized carbons (Fsp3) is 0.280. The van der Waals surface area contributed by atoms with Gasteiger partial charge in [0.05, 0.1) is 6.54 Å². The van der Waals surface area contributed by atoms with Crippen molar-refractivity contribution in [2.24, 2.45) is 5.41 Å². The first-order valence-corrected chi connectivity index (χ1v) is 11.1.